The first-order valence-corrected chi connectivity index (χ1v) is 10.9. The molecule has 2 aliphatic rings. The van der Waals surface area contributed by atoms with Crippen LogP contribution in [0.3, 0.4) is 0 Å². The summed E-state index contributed by atoms with van der Waals surface area (Å²) in [5.74, 6) is -1.50. The number of hydrogen-bond donors (Lipinski definition) is 1. The van der Waals surface area contributed by atoms with Gasteiger partial charge in [0.1, 0.15) is 6.23 Å². The van der Waals surface area contributed by atoms with Gasteiger partial charge in [-0.05, 0) is 25.1 Å². The summed E-state index contributed by atoms with van der Waals surface area (Å²) in [6.45, 7) is 1.76. The molecule has 2 saturated heterocycles. The van der Waals surface area contributed by atoms with Gasteiger partial charge in [-0.2, -0.15) is 13.2 Å². The topological polar surface area (TPSA) is 73.1 Å². The van der Waals surface area contributed by atoms with E-state index in [-0.39, 0.29) is 36.9 Å². The van der Waals surface area contributed by atoms with Crippen molar-refractivity contribution >= 4 is 11.4 Å². The van der Waals surface area contributed by atoms with Gasteiger partial charge in [-0.15, -0.1) is 0 Å². The first-order chi connectivity index (χ1) is 15.6. The zero-order valence-electron chi connectivity index (χ0n) is 18.3. The predicted octanol–water partition coefficient (Wildman–Crippen LogP) is 3.96. The van der Waals surface area contributed by atoms with Crippen LogP contribution in [0.25, 0.3) is 0 Å². The van der Waals surface area contributed by atoms with Crippen LogP contribution >= 0.6 is 0 Å². The third-order valence-corrected chi connectivity index (χ3v) is 6.62. The zero-order valence-corrected chi connectivity index (χ0v) is 18.3. The Morgan fingerprint density at radius 1 is 1.09 bits per heavy atom. The van der Waals surface area contributed by atoms with Crippen molar-refractivity contribution in [3.8, 4) is 0 Å². The summed E-state index contributed by atoms with van der Waals surface area (Å²) in [7, 11) is 2.00. The number of rotatable bonds is 5. The van der Waals surface area contributed by atoms with Gasteiger partial charge in [0.05, 0.1) is 22.6 Å². The number of nitrogens with zero attached hydrogens (tertiary/aromatic N) is 4. The maximum absolute atomic E-state index is 13.3. The molecule has 10 heteroatoms. The molecule has 1 N–H and O–H groups in total. The van der Waals surface area contributed by atoms with E-state index in [1.54, 1.807) is 0 Å². The summed E-state index contributed by atoms with van der Waals surface area (Å²) in [6, 6.07) is 13.6. The summed E-state index contributed by atoms with van der Waals surface area (Å²) >= 11 is 0. The van der Waals surface area contributed by atoms with Crippen LogP contribution in [-0.2, 0) is 0 Å². The summed E-state index contributed by atoms with van der Waals surface area (Å²) in [5.41, 5.74) is 1.47. The summed E-state index contributed by atoms with van der Waals surface area (Å²) in [4.78, 5) is 16.4. The molecule has 0 bridgehead atoms. The third-order valence-electron chi connectivity index (χ3n) is 6.62. The van der Waals surface area contributed by atoms with Gasteiger partial charge in [-0.1, -0.05) is 30.3 Å². The number of halogens is 3. The normalized spacial score (nSPS) is 23.6. The Labute approximate surface area is 190 Å². The van der Waals surface area contributed by atoms with E-state index in [0.29, 0.717) is 25.2 Å². The van der Waals surface area contributed by atoms with Crippen LogP contribution in [0, 0.1) is 16.0 Å². The number of aliphatic hydroxyl groups is 1. The Kier molecular flexibility index (Phi) is 6.60. The highest BCUT2D eigenvalue weighted by Gasteiger charge is 2.44. The largest absolute Gasteiger partial charge is 0.393 e. The van der Waals surface area contributed by atoms with E-state index in [0.717, 1.165) is 5.56 Å². The Morgan fingerprint density at radius 2 is 1.82 bits per heavy atom. The third kappa shape index (κ3) is 4.97. The van der Waals surface area contributed by atoms with E-state index in [9.17, 15) is 28.4 Å². The lowest BCUT2D eigenvalue weighted by Crippen LogP contribution is -2.48. The maximum atomic E-state index is 13.3. The molecule has 3 atom stereocenters. The van der Waals surface area contributed by atoms with Crippen molar-refractivity contribution in [2.45, 2.75) is 24.9 Å². The van der Waals surface area contributed by atoms with Gasteiger partial charge in [-0.25, -0.2) is 0 Å². The average molecular weight is 464 g/mol. The summed E-state index contributed by atoms with van der Waals surface area (Å²) < 4.78 is 39.9. The van der Waals surface area contributed by atoms with E-state index >= 15 is 0 Å². The molecule has 2 fully saturated rings. The minimum Gasteiger partial charge on any atom is -0.374 e. The molecule has 4 rings (SSSR count). The second kappa shape index (κ2) is 9.28. The molecule has 0 radical (unpaired) electrons. The number of nitro groups is 1. The molecule has 3 unspecified atom stereocenters. The van der Waals surface area contributed by atoms with Crippen molar-refractivity contribution in [2.24, 2.45) is 5.92 Å². The Hall–Kier alpha value is -2.69. The van der Waals surface area contributed by atoms with Gasteiger partial charge in [0.25, 0.3) is 5.69 Å². The Bertz CT molecular complexity index is 989. The minimum atomic E-state index is -4.33. The van der Waals surface area contributed by atoms with Crippen LogP contribution < -0.4 is 4.90 Å². The van der Waals surface area contributed by atoms with Crippen LogP contribution in [0.5, 0.6) is 0 Å². The van der Waals surface area contributed by atoms with Crippen molar-refractivity contribution in [2.75, 3.05) is 44.7 Å². The van der Waals surface area contributed by atoms with Crippen LogP contribution in [-0.4, -0.2) is 65.8 Å². The molecule has 178 valence electrons. The van der Waals surface area contributed by atoms with E-state index < -0.39 is 23.2 Å². The van der Waals surface area contributed by atoms with Gasteiger partial charge in [0.2, 0.25) is 0 Å². The molecule has 0 spiro atoms. The molecular formula is C23H27F3N4O3. The number of non-ortho nitro benzene ring substituents is 1. The van der Waals surface area contributed by atoms with Crippen LogP contribution in [0.4, 0.5) is 24.5 Å². The number of alkyl halides is 3. The highest BCUT2D eigenvalue weighted by molar-refractivity contribution is 5.60. The van der Waals surface area contributed by atoms with E-state index in [1.165, 1.54) is 23.1 Å². The molecule has 33 heavy (non-hydrogen) atoms. The number of nitro benzene ring substituents is 1. The molecule has 2 aromatic rings. The van der Waals surface area contributed by atoms with Crippen molar-refractivity contribution < 1.29 is 23.2 Å². The standard InChI is InChI=1S/C23H27F3N4O3/c1-27-11-12-29(21(15-27)16-5-3-2-4-6-16)22(31)19-8-7-18(30(32)33)13-20(19)28-10-9-17(14-28)23(24,25)26/h2-8,13,17,21-22,31H,9-12,14-15H2,1H3. The van der Waals surface area contributed by atoms with E-state index in [2.05, 4.69) is 4.90 Å². The summed E-state index contributed by atoms with van der Waals surface area (Å²) in [6.07, 6.45) is -5.53. The van der Waals surface area contributed by atoms with Gasteiger partial charge in [0, 0.05) is 50.4 Å². The number of hydrogen-bond acceptors (Lipinski definition) is 6. The maximum Gasteiger partial charge on any atom is 0.393 e. The molecular weight excluding hydrogens is 437 g/mol. The second-order valence-electron chi connectivity index (χ2n) is 8.77. The number of aliphatic hydroxyl groups excluding tert-OH is 1. The molecule has 0 aliphatic carbocycles. The van der Waals surface area contributed by atoms with E-state index in [1.807, 2.05) is 42.3 Å². The van der Waals surface area contributed by atoms with Crippen LogP contribution in [0.15, 0.2) is 48.5 Å². The fourth-order valence-electron chi connectivity index (χ4n) is 4.76. The van der Waals surface area contributed by atoms with Crippen LogP contribution in [0.2, 0.25) is 0 Å². The van der Waals surface area contributed by atoms with Crippen molar-refractivity contribution in [1.82, 2.24) is 9.80 Å². The predicted molar refractivity (Wildman–Crippen MR) is 118 cm³/mol. The van der Waals surface area contributed by atoms with Gasteiger partial charge < -0.3 is 14.9 Å². The second-order valence-corrected chi connectivity index (χ2v) is 8.77. The van der Waals surface area contributed by atoms with Gasteiger partial charge in [0.15, 0.2) is 0 Å². The molecule has 7 nitrogen and oxygen atoms in total. The quantitative estimate of drug-likeness (QED) is 0.534. The Morgan fingerprint density at radius 3 is 2.45 bits per heavy atom. The number of piperazine rings is 1. The fraction of sp³-hybridized carbons (Fsp3) is 0.478. The molecule has 0 aromatic heterocycles. The zero-order chi connectivity index (χ0) is 23.8. The summed E-state index contributed by atoms with van der Waals surface area (Å²) in [5, 5.41) is 22.8. The molecule has 0 saturated carbocycles. The average Bonchev–Trinajstić information content (AvgIpc) is 3.30. The van der Waals surface area contributed by atoms with Gasteiger partial charge in [-0.3, -0.25) is 15.0 Å². The highest BCUT2D eigenvalue weighted by atomic mass is 19.4. The van der Waals surface area contributed by atoms with Gasteiger partial charge >= 0.3 is 6.18 Å². The Balaban J connectivity index is 1.69. The smallest absolute Gasteiger partial charge is 0.374 e. The first kappa shape index (κ1) is 23.5. The SMILES string of the molecule is CN1CCN(C(O)c2ccc([N+](=O)[O-])cc2N2CCC(C(F)(F)F)C2)C(c2ccccc2)C1. The number of anilines is 1. The first-order valence-electron chi connectivity index (χ1n) is 10.9. The molecule has 2 aliphatic heterocycles. The van der Waals surface area contributed by atoms with Crippen molar-refractivity contribution in [1.29, 1.82) is 0 Å². The number of benzene rings is 2. The lowest BCUT2D eigenvalue weighted by atomic mass is 10.00. The lowest BCUT2D eigenvalue weighted by molar-refractivity contribution is -0.384. The molecule has 0 amide bonds. The molecule has 2 heterocycles. The lowest BCUT2D eigenvalue weighted by Gasteiger charge is -2.43. The minimum absolute atomic E-state index is 0.0805. The molecule has 2 aromatic carbocycles. The number of likely N-dealkylation sites (N-methyl/N-ethyl adjacent to an activating group) is 1. The van der Waals surface area contributed by atoms with Crippen LogP contribution in [0.1, 0.15) is 29.8 Å². The monoisotopic (exact) mass is 464 g/mol. The fourth-order valence-corrected chi connectivity index (χ4v) is 4.76. The highest BCUT2D eigenvalue weighted by Crippen LogP contribution is 2.41. The van der Waals surface area contributed by atoms with E-state index in [4.69, 9.17) is 0 Å². The van der Waals surface area contributed by atoms with Crippen molar-refractivity contribution in [3.63, 3.8) is 0 Å². The van der Waals surface area contributed by atoms with Crippen molar-refractivity contribution in [3.05, 3.63) is 69.8 Å².